The summed E-state index contributed by atoms with van der Waals surface area (Å²) in [6.07, 6.45) is 0.115. The van der Waals surface area contributed by atoms with Gasteiger partial charge in [-0.05, 0) is 32.0 Å². The Morgan fingerprint density at radius 3 is 3.10 bits per heavy atom. The van der Waals surface area contributed by atoms with Crippen molar-refractivity contribution in [2.75, 3.05) is 23.3 Å². The number of aromatic amines is 1. The van der Waals surface area contributed by atoms with Gasteiger partial charge >= 0.3 is 0 Å². The van der Waals surface area contributed by atoms with Crippen molar-refractivity contribution in [1.29, 1.82) is 0 Å². The van der Waals surface area contributed by atoms with Gasteiger partial charge in [0.1, 0.15) is 5.82 Å². The number of alkyl halides is 1. The average molecular weight is 342 g/mol. The number of H-pyrrole nitrogens is 1. The van der Waals surface area contributed by atoms with Crippen molar-refractivity contribution in [3.63, 3.8) is 0 Å². The number of nitrogens with one attached hydrogen (secondary N) is 1. The van der Waals surface area contributed by atoms with Crippen LogP contribution in [0.25, 0.3) is 11.0 Å². The molecule has 0 aliphatic carbocycles. The molecule has 0 saturated carbocycles. The predicted octanol–water partition coefficient (Wildman–Crippen LogP) is 3.08. The topological polar surface area (TPSA) is 41.2 Å². The fourth-order valence-corrected chi connectivity index (χ4v) is 2.99. The van der Waals surface area contributed by atoms with Crippen LogP contribution >= 0.6 is 15.9 Å². The summed E-state index contributed by atoms with van der Waals surface area (Å²) in [5.74, 6) is 0.515. The molecule has 4 nitrogen and oxygen atoms in total. The van der Waals surface area contributed by atoms with Crippen LogP contribution in [0, 0.1) is 5.82 Å². The normalized spacial score (nSPS) is 22.4. The van der Waals surface area contributed by atoms with Crippen molar-refractivity contribution in [3.8, 4) is 0 Å². The van der Waals surface area contributed by atoms with Gasteiger partial charge in [0.2, 0.25) is 5.95 Å². The highest BCUT2D eigenvalue weighted by atomic mass is 79.9. The molecule has 108 valence electrons. The first kappa shape index (κ1) is 13.8. The van der Waals surface area contributed by atoms with Crippen LogP contribution in [0.15, 0.2) is 18.2 Å². The summed E-state index contributed by atoms with van der Waals surface area (Å²) in [5.41, 5.74) is 1.27. The van der Waals surface area contributed by atoms with E-state index in [4.69, 9.17) is 4.74 Å². The first-order chi connectivity index (χ1) is 9.47. The molecule has 6 heteroatoms. The van der Waals surface area contributed by atoms with E-state index in [0.717, 1.165) is 35.4 Å². The van der Waals surface area contributed by atoms with Crippen LogP contribution in [0.5, 0.6) is 0 Å². The summed E-state index contributed by atoms with van der Waals surface area (Å²) in [6, 6.07) is 4.59. The van der Waals surface area contributed by atoms with Crippen molar-refractivity contribution in [2.24, 2.45) is 0 Å². The van der Waals surface area contributed by atoms with Gasteiger partial charge < -0.3 is 14.6 Å². The molecule has 1 unspecified atom stereocenters. The van der Waals surface area contributed by atoms with E-state index in [1.807, 2.05) is 0 Å². The quantitative estimate of drug-likeness (QED) is 0.853. The van der Waals surface area contributed by atoms with Crippen LogP contribution in [0.3, 0.4) is 0 Å². The number of anilines is 1. The molecule has 1 fully saturated rings. The zero-order valence-electron chi connectivity index (χ0n) is 11.5. The van der Waals surface area contributed by atoms with Crippen molar-refractivity contribution < 1.29 is 9.13 Å². The average Bonchev–Trinajstić information content (AvgIpc) is 2.79. The molecular weight excluding hydrogens is 325 g/mol. The Bertz CT molecular complexity index is 628. The Hall–Kier alpha value is -1.14. The largest absolute Gasteiger partial charge is 0.368 e. The molecular formula is C14H17BrFN3O. The molecule has 3 rings (SSSR count). The van der Waals surface area contributed by atoms with Crippen LogP contribution in [-0.4, -0.2) is 40.1 Å². The summed E-state index contributed by atoms with van der Waals surface area (Å²) >= 11 is 3.47. The molecule has 20 heavy (non-hydrogen) atoms. The van der Waals surface area contributed by atoms with Crippen LogP contribution < -0.4 is 4.90 Å². The van der Waals surface area contributed by atoms with Gasteiger partial charge in [-0.3, -0.25) is 0 Å². The fraction of sp³-hybridized carbons (Fsp3) is 0.500. The van der Waals surface area contributed by atoms with Crippen molar-refractivity contribution in [1.82, 2.24) is 9.97 Å². The minimum absolute atomic E-state index is 0.115. The molecule has 1 aromatic heterocycles. The summed E-state index contributed by atoms with van der Waals surface area (Å²) < 4.78 is 19.2. The SMILES string of the molecule is CC1(C)CN(c2nc3ccc(F)cc3[nH]2)CC(CBr)O1. The lowest BCUT2D eigenvalue weighted by Gasteiger charge is -2.42. The number of hydrogen-bond donors (Lipinski definition) is 1. The number of imidazole rings is 1. The van der Waals surface area contributed by atoms with Gasteiger partial charge in [0.15, 0.2) is 0 Å². The van der Waals surface area contributed by atoms with Crippen LogP contribution in [0.2, 0.25) is 0 Å². The number of benzene rings is 1. The van der Waals surface area contributed by atoms with Gasteiger partial charge in [0, 0.05) is 18.4 Å². The Labute approximate surface area is 125 Å². The smallest absolute Gasteiger partial charge is 0.204 e. The highest BCUT2D eigenvalue weighted by Crippen LogP contribution is 2.26. The van der Waals surface area contributed by atoms with Gasteiger partial charge in [-0.1, -0.05) is 15.9 Å². The van der Waals surface area contributed by atoms with Crippen LogP contribution in [0.1, 0.15) is 13.8 Å². The third-order valence-electron chi connectivity index (χ3n) is 3.38. The summed E-state index contributed by atoms with van der Waals surface area (Å²) in [7, 11) is 0. The van der Waals surface area contributed by atoms with E-state index < -0.39 is 0 Å². The fourth-order valence-electron chi connectivity index (χ4n) is 2.66. The highest BCUT2D eigenvalue weighted by molar-refractivity contribution is 9.09. The zero-order valence-corrected chi connectivity index (χ0v) is 13.1. The number of fused-ring (bicyclic) bond motifs is 1. The van der Waals surface area contributed by atoms with Crippen molar-refractivity contribution in [2.45, 2.75) is 25.6 Å². The van der Waals surface area contributed by atoms with E-state index in [0.29, 0.717) is 0 Å². The molecule has 0 amide bonds. The van der Waals surface area contributed by atoms with Crippen molar-refractivity contribution in [3.05, 3.63) is 24.0 Å². The maximum absolute atomic E-state index is 13.2. The maximum Gasteiger partial charge on any atom is 0.204 e. The van der Waals surface area contributed by atoms with Gasteiger partial charge in [0.05, 0.1) is 22.7 Å². The molecule has 0 spiro atoms. The molecule has 2 aromatic rings. The van der Waals surface area contributed by atoms with E-state index >= 15 is 0 Å². The van der Waals surface area contributed by atoms with E-state index in [1.165, 1.54) is 12.1 Å². The minimum Gasteiger partial charge on any atom is -0.368 e. The van der Waals surface area contributed by atoms with Gasteiger partial charge in [-0.25, -0.2) is 9.37 Å². The Kier molecular flexibility index (Phi) is 3.46. The molecule has 0 radical (unpaired) electrons. The number of morpholine rings is 1. The molecule has 0 bridgehead atoms. The lowest BCUT2D eigenvalue weighted by atomic mass is 10.1. The standard InChI is InChI=1S/C14H17BrFN3O/c1-14(2)8-19(7-10(6-15)20-14)13-17-11-4-3-9(16)5-12(11)18-13/h3-5,10H,6-8H2,1-2H3,(H,17,18). The monoisotopic (exact) mass is 341 g/mol. The molecule has 1 aromatic carbocycles. The Balaban J connectivity index is 1.93. The van der Waals surface area contributed by atoms with E-state index in [1.54, 1.807) is 6.07 Å². The van der Waals surface area contributed by atoms with Crippen LogP contribution in [0.4, 0.5) is 10.3 Å². The lowest BCUT2D eigenvalue weighted by molar-refractivity contribution is -0.0727. The summed E-state index contributed by atoms with van der Waals surface area (Å²) in [5, 5.41) is 0.780. The molecule has 1 atom stereocenters. The van der Waals surface area contributed by atoms with Crippen molar-refractivity contribution >= 4 is 32.9 Å². The first-order valence-electron chi connectivity index (χ1n) is 6.61. The van der Waals surface area contributed by atoms with E-state index in [-0.39, 0.29) is 17.5 Å². The maximum atomic E-state index is 13.2. The zero-order chi connectivity index (χ0) is 14.3. The first-order valence-corrected chi connectivity index (χ1v) is 7.73. The lowest BCUT2D eigenvalue weighted by Crippen LogP contribution is -2.53. The Morgan fingerprint density at radius 2 is 2.35 bits per heavy atom. The second kappa shape index (κ2) is 5.00. The molecule has 1 saturated heterocycles. The molecule has 1 aliphatic rings. The van der Waals surface area contributed by atoms with Crippen LogP contribution in [-0.2, 0) is 4.74 Å². The Morgan fingerprint density at radius 1 is 1.55 bits per heavy atom. The van der Waals surface area contributed by atoms with E-state index in [2.05, 4.69) is 44.6 Å². The molecule has 1 N–H and O–H groups in total. The highest BCUT2D eigenvalue weighted by Gasteiger charge is 2.34. The third kappa shape index (κ3) is 2.67. The number of hydrogen-bond acceptors (Lipinski definition) is 3. The summed E-state index contributed by atoms with van der Waals surface area (Å²) in [6.45, 7) is 5.64. The number of halogens is 2. The van der Waals surface area contributed by atoms with Gasteiger partial charge in [-0.15, -0.1) is 0 Å². The number of nitrogens with zero attached hydrogens (tertiary/aromatic N) is 2. The predicted molar refractivity (Wildman–Crippen MR) is 81.0 cm³/mol. The second-order valence-electron chi connectivity index (χ2n) is 5.76. The molecule has 1 aliphatic heterocycles. The number of rotatable bonds is 2. The molecule has 2 heterocycles. The van der Waals surface area contributed by atoms with Gasteiger partial charge in [-0.2, -0.15) is 0 Å². The second-order valence-corrected chi connectivity index (χ2v) is 6.40. The number of ether oxygens (including phenoxy) is 1. The summed E-state index contributed by atoms with van der Waals surface area (Å²) in [4.78, 5) is 9.90. The minimum atomic E-state index is -0.256. The van der Waals surface area contributed by atoms with Gasteiger partial charge in [0.25, 0.3) is 0 Å². The van der Waals surface area contributed by atoms with E-state index in [9.17, 15) is 4.39 Å². The third-order valence-corrected chi connectivity index (χ3v) is 4.11. The number of aromatic nitrogens is 2.